The molecule has 0 aliphatic heterocycles. The minimum absolute atomic E-state index is 0.0839. The number of thioether (sulfide) groups is 1. The first-order valence-corrected chi connectivity index (χ1v) is 11.7. The monoisotopic (exact) mass is 482 g/mol. The van der Waals surface area contributed by atoms with Gasteiger partial charge >= 0.3 is 0 Å². The molecule has 162 valence electrons. The van der Waals surface area contributed by atoms with Gasteiger partial charge in [-0.1, -0.05) is 95.1 Å². The van der Waals surface area contributed by atoms with E-state index in [4.69, 9.17) is 23.2 Å². The maximum Gasteiger partial charge on any atom is 0.230 e. The molecule has 1 N–H and O–H groups in total. The summed E-state index contributed by atoms with van der Waals surface area (Å²) in [4.78, 5) is 12.4. The lowest BCUT2D eigenvalue weighted by molar-refractivity contribution is -0.118. The van der Waals surface area contributed by atoms with Crippen LogP contribution in [0.15, 0.2) is 78.0 Å². The summed E-state index contributed by atoms with van der Waals surface area (Å²) in [6, 6.07) is 23.2. The third kappa shape index (κ3) is 5.33. The van der Waals surface area contributed by atoms with Crippen molar-refractivity contribution in [2.24, 2.45) is 0 Å². The summed E-state index contributed by atoms with van der Waals surface area (Å²) < 4.78 is 1.89. The SMILES string of the molecule is Cc1ccc(-c2nnc(SCC(=O)NCc3ccccc3)n2-c2ccc(Cl)c(Cl)c2)cc1. The highest BCUT2D eigenvalue weighted by Crippen LogP contribution is 2.31. The van der Waals surface area contributed by atoms with E-state index in [1.54, 1.807) is 12.1 Å². The molecule has 0 fully saturated rings. The van der Waals surface area contributed by atoms with Gasteiger partial charge in [-0.25, -0.2) is 0 Å². The van der Waals surface area contributed by atoms with Gasteiger partial charge in [-0.3, -0.25) is 9.36 Å². The second-order valence-electron chi connectivity index (χ2n) is 7.16. The summed E-state index contributed by atoms with van der Waals surface area (Å²) in [5.41, 5.74) is 3.88. The smallest absolute Gasteiger partial charge is 0.230 e. The summed E-state index contributed by atoms with van der Waals surface area (Å²) >= 11 is 13.7. The van der Waals surface area contributed by atoms with E-state index in [9.17, 15) is 4.79 Å². The second kappa shape index (κ2) is 10.2. The molecule has 32 heavy (non-hydrogen) atoms. The fourth-order valence-corrected chi connectivity index (χ4v) is 4.16. The average molecular weight is 483 g/mol. The molecule has 0 unspecified atom stereocenters. The molecule has 0 bridgehead atoms. The summed E-state index contributed by atoms with van der Waals surface area (Å²) in [6.07, 6.45) is 0. The molecule has 1 aromatic heterocycles. The Morgan fingerprint density at radius 2 is 1.72 bits per heavy atom. The van der Waals surface area contributed by atoms with Crippen molar-refractivity contribution in [2.45, 2.75) is 18.6 Å². The minimum Gasteiger partial charge on any atom is -0.351 e. The highest BCUT2D eigenvalue weighted by atomic mass is 35.5. The van der Waals surface area contributed by atoms with E-state index in [1.165, 1.54) is 11.8 Å². The Labute approximate surface area is 200 Å². The van der Waals surface area contributed by atoms with Crippen molar-refractivity contribution in [3.63, 3.8) is 0 Å². The number of carbonyl (C=O) groups excluding carboxylic acids is 1. The second-order valence-corrected chi connectivity index (χ2v) is 8.91. The molecule has 3 aromatic carbocycles. The standard InChI is InChI=1S/C24H20Cl2N4OS/c1-16-7-9-18(10-8-16)23-28-29-24(30(23)19-11-12-20(25)21(26)13-19)32-15-22(31)27-14-17-5-3-2-4-6-17/h2-13H,14-15H2,1H3,(H,27,31). The number of nitrogens with zero attached hydrogens (tertiary/aromatic N) is 3. The molecule has 4 aromatic rings. The largest absolute Gasteiger partial charge is 0.351 e. The lowest BCUT2D eigenvalue weighted by Gasteiger charge is -2.12. The van der Waals surface area contributed by atoms with Crippen molar-refractivity contribution in [3.05, 3.63) is 94.0 Å². The molecule has 0 radical (unpaired) electrons. The summed E-state index contributed by atoms with van der Waals surface area (Å²) in [6.45, 7) is 2.51. The number of carbonyl (C=O) groups is 1. The summed E-state index contributed by atoms with van der Waals surface area (Å²) in [5.74, 6) is 0.787. The van der Waals surface area contributed by atoms with Gasteiger partial charge < -0.3 is 5.32 Å². The number of aryl methyl sites for hydroxylation is 1. The van der Waals surface area contributed by atoms with Crippen molar-refractivity contribution >= 4 is 40.9 Å². The Morgan fingerprint density at radius 1 is 0.969 bits per heavy atom. The molecule has 1 amide bonds. The maximum absolute atomic E-state index is 12.4. The van der Waals surface area contributed by atoms with Crippen LogP contribution in [0.25, 0.3) is 17.1 Å². The fraction of sp³-hybridized carbons (Fsp3) is 0.125. The lowest BCUT2D eigenvalue weighted by atomic mass is 10.1. The molecular formula is C24H20Cl2N4OS. The van der Waals surface area contributed by atoms with E-state index >= 15 is 0 Å². The number of amides is 1. The van der Waals surface area contributed by atoms with Gasteiger partial charge in [-0.15, -0.1) is 10.2 Å². The number of nitrogens with one attached hydrogen (secondary N) is 1. The molecule has 0 atom stereocenters. The highest BCUT2D eigenvalue weighted by molar-refractivity contribution is 7.99. The molecule has 4 rings (SSSR count). The van der Waals surface area contributed by atoms with Gasteiger partial charge in [-0.05, 0) is 30.7 Å². The van der Waals surface area contributed by atoms with Gasteiger partial charge in [0.25, 0.3) is 0 Å². The molecule has 0 aliphatic rings. The van der Waals surface area contributed by atoms with Crippen LogP contribution in [0.3, 0.4) is 0 Å². The Balaban J connectivity index is 1.58. The number of hydrogen-bond donors (Lipinski definition) is 1. The molecule has 0 aliphatic carbocycles. The average Bonchev–Trinajstić information content (AvgIpc) is 3.23. The first-order chi connectivity index (χ1) is 15.5. The third-order valence-corrected chi connectivity index (χ3v) is 6.44. The maximum atomic E-state index is 12.4. The van der Waals surface area contributed by atoms with Crippen LogP contribution in [0.5, 0.6) is 0 Å². The highest BCUT2D eigenvalue weighted by Gasteiger charge is 2.18. The van der Waals surface area contributed by atoms with E-state index in [0.717, 1.165) is 22.4 Å². The predicted molar refractivity (Wildman–Crippen MR) is 131 cm³/mol. The number of rotatable bonds is 7. The van der Waals surface area contributed by atoms with E-state index in [1.807, 2.05) is 72.2 Å². The van der Waals surface area contributed by atoms with Crippen LogP contribution >= 0.6 is 35.0 Å². The summed E-state index contributed by atoms with van der Waals surface area (Å²) in [7, 11) is 0. The van der Waals surface area contributed by atoms with Crippen molar-refractivity contribution in [1.29, 1.82) is 0 Å². The van der Waals surface area contributed by atoms with Crippen molar-refractivity contribution in [3.8, 4) is 17.1 Å². The molecule has 0 spiro atoms. The normalized spacial score (nSPS) is 10.8. The van der Waals surface area contributed by atoms with Crippen molar-refractivity contribution < 1.29 is 4.79 Å². The first-order valence-electron chi connectivity index (χ1n) is 9.92. The van der Waals surface area contributed by atoms with Crippen LogP contribution in [0, 0.1) is 6.92 Å². The molecule has 5 nitrogen and oxygen atoms in total. The van der Waals surface area contributed by atoms with Gasteiger partial charge in [0.05, 0.1) is 21.5 Å². The van der Waals surface area contributed by atoms with Gasteiger partial charge in [0, 0.05) is 12.1 Å². The van der Waals surface area contributed by atoms with Crippen LogP contribution in [0.4, 0.5) is 0 Å². The number of halogens is 2. The molecular weight excluding hydrogens is 463 g/mol. The molecule has 0 saturated carbocycles. The van der Waals surface area contributed by atoms with Crippen LogP contribution in [-0.2, 0) is 11.3 Å². The predicted octanol–water partition coefficient (Wildman–Crippen LogP) is 5.96. The van der Waals surface area contributed by atoms with Gasteiger partial charge in [0.1, 0.15) is 0 Å². The van der Waals surface area contributed by atoms with Crippen LogP contribution < -0.4 is 5.32 Å². The van der Waals surface area contributed by atoms with Crippen LogP contribution in [0.1, 0.15) is 11.1 Å². The third-order valence-electron chi connectivity index (χ3n) is 4.77. The Kier molecular flexibility index (Phi) is 7.15. The molecule has 8 heteroatoms. The number of benzene rings is 3. The summed E-state index contributed by atoms with van der Waals surface area (Å²) in [5, 5.41) is 13.2. The van der Waals surface area contributed by atoms with Crippen molar-refractivity contribution in [2.75, 3.05) is 5.75 Å². The topological polar surface area (TPSA) is 59.8 Å². The van der Waals surface area contributed by atoms with E-state index in [-0.39, 0.29) is 11.7 Å². The zero-order chi connectivity index (χ0) is 22.5. The Bertz CT molecular complexity index is 1230. The first kappa shape index (κ1) is 22.4. The van der Waals surface area contributed by atoms with E-state index in [2.05, 4.69) is 15.5 Å². The lowest BCUT2D eigenvalue weighted by Crippen LogP contribution is -2.24. The Hall–Kier alpha value is -2.80. The zero-order valence-corrected chi connectivity index (χ0v) is 19.6. The Morgan fingerprint density at radius 3 is 2.44 bits per heavy atom. The quantitative estimate of drug-likeness (QED) is 0.330. The molecule has 1 heterocycles. The number of hydrogen-bond acceptors (Lipinski definition) is 4. The van der Waals surface area contributed by atoms with Crippen molar-refractivity contribution in [1.82, 2.24) is 20.1 Å². The van der Waals surface area contributed by atoms with Gasteiger partial charge in [0.15, 0.2) is 11.0 Å². The molecule has 0 saturated heterocycles. The zero-order valence-electron chi connectivity index (χ0n) is 17.3. The van der Waals surface area contributed by atoms with Gasteiger partial charge in [0.2, 0.25) is 5.91 Å². The van der Waals surface area contributed by atoms with E-state index < -0.39 is 0 Å². The van der Waals surface area contributed by atoms with Crippen LogP contribution in [0.2, 0.25) is 10.0 Å². The minimum atomic E-state index is -0.0839. The van der Waals surface area contributed by atoms with E-state index in [0.29, 0.717) is 27.6 Å². The number of aromatic nitrogens is 3. The fourth-order valence-electron chi connectivity index (χ4n) is 3.09. The van der Waals surface area contributed by atoms with Gasteiger partial charge in [-0.2, -0.15) is 0 Å². The van der Waals surface area contributed by atoms with Crippen LogP contribution in [-0.4, -0.2) is 26.4 Å².